The number of aliphatic hydroxyl groups is 1. The van der Waals surface area contributed by atoms with Crippen LogP contribution >= 0.6 is 0 Å². The number of ether oxygens (including phenoxy) is 1. The zero-order valence-electron chi connectivity index (χ0n) is 11.3. The summed E-state index contributed by atoms with van der Waals surface area (Å²) in [6.45, 7) is 3.51. The number of nitrogens with zero attached hydrogens (tertiary/aromatic N) is 1. The van der Waals surface area contributed by atoms with Gasteiger partial charge in [-0.05, 0) is 38.1 Å². The summed E-state index contributed by atoms with van der Waals surface area (Å²) in [5.41, 5.74) is 0.754. The van der Waals surface area contributed by atoms with Crippen LogP contribution in [0.4, 0.5) is 4.39 Å². The molecule has 102 valence electrons. The van der Waals surface area contributed by atoms with Gasteiger partial charge in [0, 0.05) is 19.7 Å². The zero-order chi connectivity index (χ0) is 13.5. The maximum atomic E-state index is 12.8. The molecule has 4 heteroatoms. The first-order valence-electron chi connectivity index (χ1n) is 6.17. The van der Waals surface area contributed by atoms with Gasteiger partial charge in [0.15, 0.2) is 0 Å². The molecule has 18 heavy (non-hydrogen) atoms. The number of rotatable bonds is 7. The highest BCUT2D eigenvalue weighted by Crippen LogP contribution is 2.17. The number of hydrogen-bond donors (Lipinski definition) is 1. The highest BCUT2D eigenvalue weighted by molar-refractivity contribution is 5.18. The molecule has 0 aliphatic rings. The molecule has 0 bridgehead atoms. The van der Waals surface area contributed by atoms with Crippen molar-refractivity contribution in [2.75, 3.05) is 27.3 Å². The van der Waals surface area contributed by atoms with E-state index in [4.69, 9.17) is 4.74 Å². The number of hydrogen-bond acceptors (Lipinski definition) is 3. The van der Waals surface area contributed by atoms with Crippen molar-refractivity contribution < 1.29 is 14.2 Å². The van der Waals surface area contributed by atoms with Crippen molar-refractivity contribution >= 4 is 0 Å². The van der Waals surface area contributed by atoms with E-state index in [2.05, 4.69) is 11.8 Å². The lowest BCUT2D eigenvalue weighted by atomic mass is 10.1. The second kappa shape index (κ2) is 7.46. The van der Waals surface area contributed by atoms with Crippen LogP contribution in [-0.4, -0.2) is 43.4 Å². The average molecular weight is 255 g/mol. The van der Waals surface area contributed by atoms with Crippen molar-refractivity contribution in [3.8, 4) is 0 Å². The summed E-state index contributed by atoms with van der Waals surface area (Å²) in [6, 6.07) is 6.30. The first-order chi connectivity index (χ1) is 8.54. The standard InChI is InChI=1S/C14H22FNO2/c1-11(10-18-3)16(2)9-8-14(17)12-4-6-13(15)7-5-12/h4-7,11,14,17H,8-10H2,1-3H3. The second-order valence-corrected chi connectivity index (χ2v) is 4.64. The van der Waals surface area contributed by atoms with Crippen LogP contribution in [0.1, 0.15) is 25.0 Å². The third kappa shape index (κ3) is 4.72. The van der Waals surface area contributed by atoms with Crippen molar-refractivity contribution in [3.63, 3.8) is 0 Å². The molecule has 1 rings (SSSR count). The van der Waals surface area contributed by atoms with E-state index in [0.717, 1.165) is 12.1 Å². The Balaban J connectivity index is 2.41. The molecule has 0 aliphatic heterocycles. The summed E-state index contributed by atoms with van der Waals surface area (Å²) in [5.74, 6) is -0.281. The van der Waals surface area contributed by atoms with Crippen LogP contribution in [0.25, 0.3) is 0 Å². The number of halogens is 1. The van der Waals surface area contributed by atoms with E-state index in [9.17, 15) is 9.50 Å². The molecule has 1 N–H and O–H groups in total. The summed E-state index contributed by atoms with van der Waals surface area (Å²) in [6.07, 6.45) is 0.0682. The maximum absolute atomic E-state index is 12.8. The van der Waals surface area contributed by atoms with Crippen molar-refractivity contribution in [1.29, 1.82) is 0 Å². The van der Waals surface area contributed by atoms with Gasteiger partial charge in [-0.2, -0.15) is 0 Å². The Morgan fingerprint density at radius 2 is 1.94 bits per heavy atom. The SMILES string of the molecule is COCC(C)N(C)CCC(O)c1ccc(F)cc1. The molecule has 0 radical (unpaired) electrons. The topological polar surface area (TPSA) is 32.7 Å². The van der Waals surface area contributed by atoms with Gasteiger partial charge >= 0.3 is 0 Å². The lowest BCUT2D eigenvalue weighted by Gasteiger charge is -2.25. The second-order valence-electron chi connectivity index (χ2n) is 4.64. The van der Waals surface area contributed by atoms with Gasteiger partial charge in [0.25, 0.3) is 0 Å². The van der Waals surface area contributed by atoms with Crippen LogP contribution in [-0.2, 0) is 4.74 Å². The Morgan fingerprint density at radius 3 is 2.50 bits per heavy atom. The van der Waals surface area contributed by atoms with E-state index in [1.54, 1.807) is 19.2 Å². The lowest BCUT2D eigenvalue weighted by molar-refractivity contribution is 0.0960. The van der Waals surface area contributed by atoms with Gasteiger partial charge in [0.2, 0.25) is 0 Å². The fourth-order valence-electron chi connectivity index (χ4n) is 1.77. The van der Waals surface area contributed by atoms with Gasteiger partial charge < -0.3 is 14.7 Å². The van der Waals surface area contributed by atoms with Crippen LogP contribution in [0.3, 0.4) is 0 Å². The van der Waals surface area contributed by atoms with Crippen LogP contribution in [0.2, 0.25) is 0 Å². The smallest absolute Gasteiger partial charge is 0.123 e. The first-order valence-corrected chi connectivity index (χ1v) is 6.17. The molecule has 2 atom stereocenters. The first kappa shape index (κ1) is 15.1. The van der Waals surface area contributed by atoms with Gasteiger partial charge in [-0.3, -0.25) is 0 Å². The predicted molar refractivity (Wildman–Crippen MR) is 69.9 cm³/mol. The minimum Gasteiger partial charge on any atom is -0.388 e. The van der Waals surface area contributed by atoms with E-state index in [-0.39, 0.29) is 5.82 Å². The molecule has 2 unspecified atom stereocenters. The van der Waals surface area contributed by atoms with E-state index >= 15 is 0 Å². The van der Waals surface area contributed by atoms with E-state index in [1.807, 2.05) is 7.05 Å². The Kier molecular flexibility index (Phi) is 6.25. The van der Waals surface area contributed by atoms with Crippen molar-refractivity contribution in [3.05, 3.63) is 35.6 Å². The minimum atomic E-state index is -0.553. The molecule has 0 aliphatic carbocycles. The molecule has 0 spiro atoms. The molecule has 1 aromatic carbocycles. The van der Waals surface area contributed by atoms with Gasteiger partial charge in [0.1, 0.15) is 5.82 Å². The molecular formula is C14H22FNO2. The largest absolute Gasteiger partial charge is 0.388 e. The Labute approximate surface area is 108 Å². The predicted octanol–water partition coefficient (Wildman–Crippen LogP) is 2.22. The van der Waals surface area contributed by atoms with Gasteiger partial charge in [0.05, 0.1) is 12.7 Å². The molecule has 0 fully saturated rings. The van der Waals surface area contributed by atoms with Crippen LogP contribution in [0, 0.1) is 5.82 Å². The van der Waals surface area contributed by atoms with E-state index in [0.29, 0.717) is 19.1 Å². The third-order valence-electron chi connectivity index (χ3n) is 3.17. The third-order valence-corrected chi connectivity index (χ3v) is 3.17. The monoisotopic (exact) mass is 255 g/mol. The number of benzene rings is 1. The van der Waals surface area contributed by atoms with Crippen molar-refractivity contribution in [1.82, 2.24) is 4.90 Å². The summed E-state index contributed by atoms with van der Waals surface area (Å²) >= 11 is 0. The summed E-state index contributed by atoms with van der Waals surface area (Å²) < 4.78 is 17.8. The summed E-state index contributed by atoms with van der Waals surface area (Å²) in [4.78, 5) is 2.14. The van der Waals surface area contributed by atoms with E-state index < -0.39 is 6.10 Å². The highest BCUT2D eigenvalue weighted by atomic mass is 19.1. The number of aliphatic hydroxyl groups excluding tert-OH is 1. The van der Waals surface area contributed by atoms with Crippen molar-refractivity contribution in [2.24, 2.45) is 0 Å². The minimum absolute atomic E-state index is 0.281. The highest BCUT2D eigenvalue weighted by Gasteiger charge is 2.12. The van der Waals surface area contributed by atoms with Crippen LogP contribution in [0.15, 0.2) is 24.3 Å². The molecule has 0 saturated carbocycles. The average Bonchev–Trinajstić information content (AvgIpc) is 2.36. The molecule has 0 aromatic heterocycles. The number of methoxy groups -OCH3 is 1. The molecule has 0 heterocycles. The van der Waals surface area contributed by atoms with E-state index in [1.165, 1.54) is 12.1 Å². The summed E-state index contributed by atoms with van der Waals surface area (Å²) in [5, 5.41) is 9.99. The van der Waals surface area contributed by atoms with Gasteiger partial charge in [-0.25, -0.2) is 4.39 Å². The zero-order valence-corrected chi connectivity index (χ0v) is 11.3. The fourth-order valence-corrected chi connectivity index (χ4v) is 1.77. The Hall–Kier alpha value is -0.970. The summed E-state index contributed by atoms with van der Waals surface area (Å²) in [7, 11) is 3.68. The lowest BCUT2D eigenvalue weighted by Crippen LogP contribution is -2.34. The molecule has 0 amide bonds. The molecule has 0 saturated heterocycles. The number of likely N-dealkylation sites (N-methyl/N-ethyl adjacent to an activating group) is 1. The molecular weight excluding hydrogens is 233 g/mol. The normalized spacial score (nSPS) is 14.8. The Morgan fingerprint density at radius 1 is 1.33 bits per heavy atom. The Bertz CT molecular complexity index is 342. The quantitative estimate of drug-likeness (QED) is 0.811. The van der Waals surface area contributed by atoms with Crippen LogP contribution in [0.5, 0.6) is 0 Å². The fraction of sp³-hybridized carbons (Fsp3) is 0.571. The van der Waals surface area contributed by atoms with Gasteiger partial charge in [-0.1, -0.05) is 12.1 Å². The maximum Gasteiger partial charge on any atom is 0.123 e. The molecule has 3 nitrogen and oxygen atoms in total. The van der Waals surface area contributed by atoms with Crippen LogP contribution < -0.4 is 0 Å². The van der Waals surface area contributed by atoms with Crippen molar-refractivity contribution in [2.45, 2.75) is 25.5 Å². The van der Waals surface area contributed by atoms with Gasteiger partial charge in [-0.15, -0.1) is 0 Å². The molecule has 1 aromatic rings.